The Morgan fingerprint density at radius 3 is 2.88 bits per heavy atom. The van der Waals surface area contributed by atoms with Crippen LogP contribution in [0.1, 0.15) is 49.8 Å². The van der Waals surface area contributed by atoms with Crippen LogP contribution in [0.15, 0.2) is 12.1 Å². The van der Waals surface area contributed by atoms with Gasteiger partial charge >= 0.3 is 0 Å². The minimum Gasteiger partial charge on any atom is -0.388 e. The highest BCUT2D eigenvalue weighted by molar-refractivity contribution is 6.03. The zero-order chi connectivity index (χ0) is 12.6. The fourth-order valence-corrected chi connectivity index (χ4v) is 2.20. The van der Waals surface area contributed by atoms with Gasteiger partial charge in [-0.15, -0.1) is 0 Å². The number of fused-ring (bicyclic) bond motifs is 1. The summed E-state index contributed by atoms with van der Waals surface area (Å²) in [6, 6.07) is 2.66. The quantitative estimate of drug-likeness (QED) is 0.849. The third-order valence-corrected chi connectivity index (χ3v) is 3.19. The number of aliphatic hydroxyl groups is 1. The third-order valence-electron chi connectivity index (χ3n) is 3.19. The lowest BCUT2D eigenvalue weighted by Gasteiger charge is -2.14. The Balaban J connectivity index is 2.48. The molecule has 1 amide bonds. The Morgan fingerprint density at radius 1 is 1.53 bits per heavy atom. The molecule has 0 bridgehead atoms. The molecule has 17 heavy (non-hydrogen) atoms. The van der Waals surface area contributed by atoms with Crippen molar-refractivity contribution in [3.05, 3.63) is 29.1 Å². The SMILES string of the molecule is CCCC(O)c1cc(F)cc2c1NC(=O)C2C. The third kappa shape index (κ3) is 2.05. The second-order valence-corrected chi connectivity index (χ2v) is 4.47. The van der Waals surface area contributed by atoms with Gasteiger partial charge in [-0.2, -0.15) is 0 Å². The van der Waals surface area contributed by atoms with E-state index in [1.54, 1.807) is 6.92 Å². The minimum atomic E-state index is -0.727. The molecule has 2 rings (SSSR count). The maximum Gasteiger partial charge on any atom is 0.231 e. The van der Waals surface area contributed by atoms with Crippen LogP contribution < -0.4 is 5.32 Å². The van der Waals surface area contributed by atoms with Crippen molar-refractivity contribution in [3.63, 3.8) is 0 Å². The summed E-state index contributed by atoms with van der Waals surface area (Å²) in [7, 11) is 0. The van der Waals surface area contributed by atoms with Crippen LogP contribution >= 0.6 is 0 Å². The van der Waals surface area contributed by atoms with E-state index >= 15 is 0 Å². The van der Waals surface area contributed by atoms with Crippen molar-refractivity contribution in [1.29, 1.82) is 0 Å². The van der Waals surface area contributed by atoms with Crippen LogP contribution in [0.25, 0.3) is 0 Å². The van der Waals surface area contributed by atoms with E-state index in [4.69, 9.17) is 0 Å². The van der Waals surface area contributed by atoms with Crippen LogP contribution in [0.2, 0.25) is 0 Å². The Bertz CT molecular complexity index is 459. The summed E-state index contributed by atoms with van der Waals surface area (Å²) in [6.07, 6.45) is 0.630. The first-order valence-corrected chi connectivity index (χ1v) is 5.86. The van der Waals surface area contributed by atoms with Gasteiger partial charge in [-0.1, -0.05) is 13.3 Å². The number of benzene rings is 1. The Morgan fingerprint density at radius 2 is 2.24 bits per heavy atom. The van der Waals surface area contributed by atoms with E-state index in [2.05, 4.69) is 5.32 Å². The van der Waals surface area contributed by atoms with E-state index in [0.29, 0.717) is 23.2 Å². The second-order valence-electron chi connectivity index (χ2n) is 4.47. The lowest BCUT2D eigenvalue weighted by molar-refractivity contribution is -0.116. The predicted molar refractivity (Wildman–Crippen MR) is 63.3 cm³/mol. The van der Waals surface area contributed by atoms with Gasteiger partial charge in [0.05, 0.1) is 17.7 Å². The molecule has 0 aromatic heterocycles. The minimum absolute atomic E-state index is 0.143. The van der Waals surface area contributed by atoms with Crippen LogP contribution in [-0.4, -0.2) is 11.0 Å². The van der Waals surface area contributed by atoms with E-state index in [-0.39, 0.29) is 11.8 Å². The molecule has 0 saturated heterocycles. The molecule has 0 spiro atoms. The lowest BCUT2D eigenvalue weighted by Crippen LogP contribution is -2.09. The first-order chi connectivity index (χ1) is 8.04. The normalized spacial score (nSPS) is 20.0. The number of amides is 1. The summed E-state index contributed by atoms with van der Waals surface area (Å²) in [4.78, 5) is 11.6. The van der Waals surface area contributed by atoms with E-state index in [1.807, 2.05) is 6.92 Å². The number of rotatable bonds is 3. The van der Waals surface area contributed by atoms with E-state index < -0.39 is 11.9 Å². The monoisotopic (exact) mass is 237 g/mol. The summed E-state index contributed by atoms with van der Waals surface area (Å²) in [6.45, 7) is 3.68. The molecule has 1 aromatic carbocycles. The van der Waals surface area contributed by atoms with Crippen LogP contribution in [0, 0.1) is 5.82 Å². The molecule has 4 heteroatoms. The average molecular weight is 237 g/mol. The number of anilines is 1. The van der Waals surface area contributed by atoms with Gasteiger partial charge in [0.1, 0.15) is 5.82 Å². The molecule has 3 nitrogen and oxygen atoms in total. The van der Waals surface area contributed by atoms with Gasteiger partial charge in [0.15, 0.2) is 0 Å². The number of hydrogen-bond donors (Lipinski definition) is 2. The molecular weight excluding hydrogens is 221 g/mol. The molecule has 92 valence electrons. The summed E-state index contributed by atoms with van der Waals surface area (Å²) in [5.41, 5.74) is 1.71. The molecule has 1 aliphatic heterocycles. The number of carbonyl (C=O) groups excluding carboxylic acids is 1. The second kappa shape index (κ2) is 4.45. The molecule has 2 N–H and O–H groups in total. The Kier molecular flexibility index (Phi) is 3.15. The lowest BCUT2D eigenvalue weighted by atomic mass is 9.96. The van der Waals surface area contributed by atoms with Crippen molar-refractivity contribution in [2.45, 2.75) is 38.7 Å². The number of halogens is 1. The largest absolute Gasteiger partial charge is 0.388 e. The first kappa shape index (κ1) is 12.0. The number of hydrogen-bond acceptors (Lipinski definition) is 2. The standard InChI is InChI=1S/C13H16FNO2/c1-3-4-11(16)10-6-8(14)5-9-7(2)13(17)15-12(9)10/h5-7,11,16H,3-4H2,1-2H3,(H,15,17). The summed E-state index contributed by atoms with van der Waals surface area (Å²) in [5.74, 6) is -0.902. The van der Waals surface area contributed by atoms with Gasteiger partial charge in [0.25, 0.3) is 0 Å². The van der Waals surface area contributed by atoms with Crippen LogP contribution in [0.3, 0.4) is 0 Å². The van der Waals surface area contributed by atoms with Crippen LogP contribution in [0.4, 0.5) is 10.1 Å². The highest BCUT2D eigenvalue weighted by Crippen LogP contribution is 2.39. The highest BCUT2D eigenvalue weighted by atomic mass is 19.1. The number of carbonyl (C=O) groups is 1. The molecule has 0 radical (unpaired) electrons. The number of aliphatic hydroxyl groups excluding tert-OH is 1. The molecular formula is C13H16FNO2. The molecule has 2 atom stereocenters. The van der Waals surface area contributed by atoms with Crippen LogP contribution in [0.5, 0.6) is 0 Å². The molecule has 0 fully saturated rings. The molecule has 1 heterocycles. The van der Waals surface area contributed by atoms with Crippen molar-refractivity contribution in [3.8, 4) is 0 Å². The number of nitrogens with one attached hydrogen (secondary N) is 1. The van der Waals surface area contributed by atoms with E-state index in [0.717, 1.165) is 6.42 Å². The average Bonchev–Trinajstić information content (AvgIpc) is 2.55. The van der Waals surface area contributed by atoms with Crippen molar-refractivity contribution in [1.82, 2.24) is 0 Å². The fourth-order valence-electron chi connectivity index (χ4n) is 2.20. The zero-order valence-electron chi connectivity index (χ0n) is 9.96. The van der Waals surface area contributed by atoms with Gasteiger partial charge < -0.3 is 10.4 Å². The van der Waals surface area contributed by atoms with Gasteiger partial charge in [0.2, 0.25) is 5.91 Å². The van der Waals surface area contributed by atoms with Gasteiger partial charge in [-0.3, -0.25) is 4.79 Å². The fraction of sp³-hybridized carbons (Fsp3) is 0.462. The molecule has 1 aliphatic rings. The summed E-state index contributed by atoms with van der Waals surface area (Å²) in [5, 5.41) is 12.7. The topological polar surface area (TPSA) is 49.3 Å². The van der Waals surface area contributed by atoms with Gasteiger partial charge in [-0.05, 0) is 31.0 Å². The molecule has 2 unspecified atom stereocenters. The Hall–Kier alpha value is -1.42. The first-order valence-electron chi connectivity index (χ1n) is 5.86. The maximum absolute atomic E-state index is 13.5. The van der Waals surface area contributed by atoms with Gasteiger partial charge in [0, 0.05) is 5.56 Å². The Labute approximate surface area is 99.7 Å². The molecule has 0 aliphatic carbocycles. The van der Waals surface area contributed by atoms with E-state index in [1.165, 1.54) is 12.1 Å². The predicted octanol–water partition coefficient (Wildman–Crippen LogP) is 2.71. The van der Waals surface area contributed by atoms with Gasteiger partial charge in [-0.25, -0.2) is 4.39 Å². The molecule has 1 aromatic rings. The van der Waals surface area contributed by atoms with Crippen molar-refractivity contribution in [2.24, 2.45) is 0 Å². The maximum atomic E-state index is 13.5. The smallest absolute Gasteiger partial charge is 0.231 e. The summed E-state index contributed by atoms with van der Waals surface area (Å²) >= 11 is 0. The van der Waals surface area contributed by atoms with Crippen LogP contribution in [-0.2, 0) is 4.79 Å². The van der Waals surface area contributed by atoms with Crippen molar-refractivity contribution in [2.75, 3.05) is 5.32 Å². The highest BCUT2D eigenvalue weighted by Gasteiger charge is 2.30. The zero-order valence-corrected chi connectivity index (χ0v) is 9.96. The van der Waals surface area contributed by atoms with Crippen molar-refractivity contribution < 1.29 is 14.3 Å². The van der Waals surface area contributed by atoms with E-state index in [9.17, 15) is 14.3 Å². The molecule has 0 saturated carbocycles. The summed E-state index contributed by atoms with van der Waals surface area (Å²) < 4.78 is 13.5. The van der Waals surface area contributed by atoms with Crippen molar-refractivity contribution >= 4 is 11.6 Å².